The number of carbonyl (C=O) groups is 1. The molecule has 0 atom stereocenters. The van der Waals surface area contributed by atoms with Crippen molar-refractivity contribution in [3.05, 3.63) is 59.0 Å². The Hall–Kier alpha value is -2.49. The van der Waals surface area contributed by atoms with E-state index in [1.807, 2.05) is 37.3 Å². The van der Waals surface area contributed by atoms with Gasteiger partial charge in [-0.15, -0.1) is 0 Å². The van der Waals surface area contributed by atoms with Gasteiger partial charge in [0.1, 0.15) is 11.5 Å². The summed E-state index contributed by atoms with van der Waals surface area (Å²) < 4.78 is 10.6. The zero-order valence-corrected chi connectivity index (χ0v) is 12.3. The van der Waals surface area contributed by atoms with E-state index in [4.69, 9.17) is 15.2 Å². The first kappa shape index (κ1) is 14.9. The van der Waals surface area contributed by atoms with E-state index >= 15 is 0 Å². The number of ether oxygens (including phenoxy) is 2. The summed E-state index contributed by atoms with van der Waals surface area (Å²) in [6.07, 6.45) is 6.01. The summed E-state index contributed by atoms with van der Waals surface area (Å²) in [5, 5.41) is 0. The highest BCUT2D eigenvalue weighted by atomic mass is 16.5. The molecular formula is C17H19NO3. The Kier molecular flexibility index (Phi) is 4.82. The second kappa shape index (κ2) is 6.79. The predicted octanol–water partition coefficient (Wildman–Crippen LogP) is 3.16. The third-order valence-electron chi connectivity index (χ3n) is 2.95. The topological polar surface area (TPSA) is 61.6 Å². The van der Waals surface area contributed by atoms with E-state index in [2.05, 4.69) is 0 Å². The van der Waals surface area contributed by atoms with Crippen molar-refractivity contribution in [3.8, 4) is 5.75 Å². The van der Waals surface area contributed by atoms with E-state index in [1.54, 1.807) is 12.2 Å². The molecule has 0 saturated heterocycles. The minimum atomic E-state index is -0.340. The summed E-state index contributed by atoms with van der Waals surface area (Å²) >= 11 is 0. The molecule has 0 bridgehead atoms. The molecule has 1 aromatic rings. The lowest BCUT2D eigenvalue weighted by Gasteiger charge is -2.15. The maximum Gasteiger partial charge on any atom is 0.308 e. The summed E-state index contributed by atoms with van der Waals surface area (Å²) in [6, 6.07) is 7.73. The van der Waals surface area contributed by atoms with Crippen molar-refractivity contribution in [1.29, 1.82) is 0 Å². The van der Waals surface area contributed by atoms with E-state index in [0.717, 1.165) is 22.6 Å². The fourth-order valence-electron chi connectivity index (χ4n) is 2.06. The molecule has 0 heterocycles. The van der Waals surface area contributed by atoms with Crippen molar-refractivity contribution in [2.75, 3.05) is 6.61 Å². The molecule has 0 unspecified atom stereocenters. The Balaban J connectivity index is 2.23. The molecule has 1 aliphatic rings. The van der Waals surface area contributed by atoms with Crippen LogP contribution in [0.25, 0.3) is 6.08 Å². The molecule has 0 aromatic heterocycles. The molecule has 0 radical (unpaired) electrons. The van der Waals surface area contributed by atoms with Gasteiger partial charge in [0, 0.05) is 24.6 Å². The third-order valence-corrected chi connectivity index (χ3v) is 2.95. The standard InChI is InChI=1S/C17H19NO3/c1-3-20-16-7-4-13(5-8-16)10-14-11-15(18)6-9-17(14)21-12(2)19/h4-10H,3,11,18H2,1-2H3. The van der Waals surface area contributed by atoms with Crippen LogP contribution in [0.4, 0.5) is 0 Å². The van der Waals surface area contributed by atoms with Crippen molar-refractivity contribution in [2.45, 2.75) is 20.3 Å². The van der Waals surface area contributed by atoms with Crippen molar-refractivity contribution >= 4 is 12.0 Å². The predicted molar refractivity (Wildman–Crippen MR) is 82.3 cm³/mol. The van der Waals surface area contributed by atoms with Gasteiger partial charge in [-0.2, -0.15) is 0 Å². The molecular weight excluding hydrogens is 266 g/mol. The number of allylic oxidation sites excluding steroid dienone is 4. The van der Waals surface area contributed by atoms with Crippen molar-refractivity contribution in [2.24, 2.45) is 5.73 Å². The summed E-state index contributed by atoms with van der Waals surface area (Å²) in [5.41, 5.74) is 8.47. The van der Waals surface area contributed by atoms with Gasteiger partial charge in [-0.25, -0.2) is 0 Å². The van der Waals surface area contributed by atoms with Gasteiger partial charge in [0.2, 0.25) is 0 Å². The van der Waals surface area contributed by atoms with Gasteiger partial charge < -0.3 is 15.2 Å². The smallest absolute Gasteiger partial charge is 0.308 e. The molecule has 2 rings (SSSR count). The number of hydrogen-bond acceptors (Lipinski definition) is 4. The molecule has 0 amide bonds. The van der Waals surface area contributed by atoms with Crippen LogP contribution in [0.15, 0.2) is 53.4 Å². The number of hydrogen-bond donors (Lipinski definition) is 1. The summed E-state index contributed by atoms with van der Waals surface area (Å²) in [6.45, 7) is 3.97. The van der Waals surface area contributed by atoms with Crippen LogP contribution in [-0.2, 0) is 9.53 Å². The lowest BCUT2D eigenvalue weighted by atomic mass is 10.00. The van der Waals surface area contributed by atoms with Crippen LogP contribution < -0.4 is 10.5 Å². The number of benzene rings is 1. The largest absolute Gasteiger partial charge is 0.494 e. The highest BCUT2D eigenvalue weighted by molar-refractivity contribution is 5.70. The van der Waals surface area contributed by atoms with Crippen LogP contribution in [0.2, 0.25) is 0 Å². The van der Waals surface area contributed by atoms with Gasteiger partial charge in [-0.1, -0.05) is 12.1 Å². The third kappa shape index (κ3) is 4.24. The highest BCUT2D eigenvalue weighted by Gasteiger charge is 2.14. The Morgan fingerprint density at radius 3 is 2.62 bits per heavy atom. The van der Waals surface area contributed by atoms with Gasteiger partial charge in [-0.3, -0.25) is 4.79 Å². The lowest BCUT2D eigenvalue weighted by Crippen LogP contribution is -2.09. The summed E-state index contributed by atoms with van der Waals surface area (Å²) in [4.78, 5) is 11.1. The fourth-order valence-corrected chi connectivity index (χ4v) is 2.06. The van der Waals surface area contributed by atoms with E-state index < -0.39 is 0 Å². The van der Waals surface area contributed by atoms with Gasteiger partial charge in [0.25, 0.3) is 0 Å². The van der Waals surface area contributed by atoms with Crippen molar-refractivity contribution in [3.63, 3.8) is 0 Å². The lowest BCUT2D eigenvalue weighted by molar-refractivity contribution is -0.136. The van der Waals surface area contributed by atoms with Crippen molar-refractivity contribution in [1.82, 2.24) is 0 Å². The average Bonchev–Trinajstić information content (AvgIpc) is 2.44. The van der Waals surface area contributed by atoms with Crippen LogP contribution in [-0.4, -0.2) is 12.6 Å². The maximum atomic E-state index is 11.1. The highest BCUT2D eigenvalue weighted by Crippen LogP contribution is 2.26. The molecule has 21 heavy (non-hydrogen) atoms. The first-order chi connectivity index (χ1) is 10.1. The van der Waals surface area contributed by atoms with Crippen LogP contribution in [0.3, 0.4) is 0 Å². The number of nitrogens with two attached hydrogens (primary N) is 1. The SMILES string of the molecule is CCOc1ccc(C=C2CC(N)=CC=C2OC(C)=O)cc1. The molecule has 0 fully saturated rings. The Bertz CT molecular complexity index is 609. The van der Waals surface area contributed by atoms with E-state index in [9.17, 15) is 4.79 Å². The maximum absolute atomic E-state index is 11.1. The van der Waals surface area contributed by atoms with Gasteiger partial charge in [0.05, 0.1) is 6.61 Å². The van der Waals surface area contributed by atoms with Crippen LogP contribution in [0, 0.1) is 0 Å². The average molecular weight is 285 g/mol. The second-order valence-electron chi connectivity index (χ2n) is 4.71. The molecule has 1 aliphatic carbocycles. The van der Waals surface area contributed by atoms with E-state index in [1.165, 1.54) is 6.92 Å². The van der Waals surface area contributed by atoms with E-state index in [-0.39, 0.29) is 5.97 Å². The summed E-state index contributed by atoms with van der Waals surface area (Å²) in [5.74, 6) is 1.04. The monoisotopic (exact) mass is 285 g/mol. The minimum Gasteiger partial charge on any atom is -0.494 e. The zero-order valence-electron chi connectivity index (χ0n) is 12.3. The van der Waals surface area contributed by atoms with Gasteiger partial charge >= 0.3 is 5.97 Å². The van der Waals surface area contributed by atoms with Crippen LogP contribution in [0.1, 0.15) is 25.8 Å². The van der Waals surface area contributed by atoms with E-state index in [0.29, 0.717) is 18.8 Å². The summed E-state index contributed by atoms with van der Waals surface area (Å²) in [7, 11) is 0. The molecule has 4 nitrogen and oxygen atoms in total. The fraction of sp³-hybridized carbons (Fsp3) is 0.235. The number of carbonyl (C=O) groups excluding carboxylic acids is 1. The first-order valence-electron chi connectivity index (χ1n) is 6.87. The minimum absolute atomic E-state index is 0.340. The molecule has 4 heteroatoms. The van der Waals surface area contributed by atoms with Gasteiger partial charge in [0.15, 0.2) is 0 Å². The Morgan fingerprint density at radius 2 is 2.00 bits per heavy atom. The molecule has 0 saturated carbocycles. The molecule has 110 valence electrons. The van der Waals surface area contributed by atoms with Gasteiger partial charge in [-0.05, 0) is 42.8 Å². The van der Waals surface area contributed by atoms with Crippen LogP contribution in [0.5, 0.6) is 5.75 Å². The first-order valence-corrected chi connectivity index (χ1v) is 6.87. The molecule has 2 N–H and O–H groups in total. The quantitative estimate of drug-likeness (QED) is 0.863. The van der Waals surface area contributed by atoms with Crippen LogP contribution >= 0.6 is 0 Å². The Morgan fingerprint density at radius 1 is 1.29 bits per heavy atom. The van der Waals surface area contributed by atoms with Crippen molar-refractivity contribution < 1.29 is 14.3 Å². The Labute approximate surface area is 124 Å². The second-order valence-corrected chi connectivity index (χ2v) is 4.71. The molecule has 0 aliphatic heterocycles. The zero-order chi connectivity index (χ0) is 15.2. The normalized spacial score (nSPS) is 16.2. The number of esters is 1. The molecule has 0 spiro atoms. The molecule has 1 aromatic carbocycles. The number of rotatable bonds is 4.